The quantitative estimate of drug-likeness (QED) is 0.201. The van der Waals surface area contributed by atoms with E-state index in [1.807, 2.05) is 35.7 Å². The van der Waals surface area contributed by atoms with Gasteiger partial charge >= 0.3 is 10.1 Å². The van der Waals surface area contributed by atoms with Crippen LogP contribution in [0.2, 0.25) is 0 Å². The van der Waals surface area contributed by atoms with E-state index in [1.165, 1.54) is 12.1 Å². The fourth-order valence-electron chi connectivity index (χ4n) is 3.04. The summed E-state index contributed by atoms with van der Waals surface area (Å²) >= 11 is 0. The molecule has 0 radical (unpaired) electrons. The summed E-state index contributed by atoms with van der Waals surface area (Å²) in [5.74, 6) is -0.833. The fourth-order valence-corrected chi connectivity index (χ4v) is 3.97. The SMILES string of the molecule is CC(=O)[O-].Cn1c2c(N=Nc3ccc(S(=O)(=O)Oc4ccccc4)cc3)c(N)ccc2c[n+]1C. The molecule has 0 unspecified atom stereocenters. The number of benzene rings is 3. The summed E-state index contributed by atoms with van der Waals surface area (Å²) in [5, 5.41) is 18.4. The zero-order chi connectivity index (χ0) is 24.9. The highest BCUT2D eigenvalue weighted by atomic mass is 32.2. The van der Waals surface area contributed by atoms with Gasteiger partial charge in [-0.3, -0.25) is 0 Å². The van der Waals surface area contributed by atoms with Crippen LogP contribution in [0, 0.1) is 0 Å². The van der Waals surface area contributed by atoms with Crippen LogP contribution in [0.15, 0.2) is 88.1 Å². The number of azo groups is 1. The Balaban J connectivity index is 0.000000751. The van der Waals surface area contributed by atoms with Crippen molar-refractivity contribution in [1.82, 2.24) is 4.68 Å². The molecule has 0 spiro atoms. The Labute approximate surface area is 196 Å². The number of carbonyl (C=O) groups is 1. The van der Waals surface area contributed by atoms with E-state index in [0.717, 1.165) is 17.8 Å². The third-order valence-electron chi connectivity index (χ3n) is 4.68. The number of para-hydroxylation sites is 1. The topological polar surface area (TPSA) is 143 Å². The first-order valence-corrected chi connectivity index (χ1v) is 11.4. The third kappa shape index (κ3) is 5.75. The van der Waals surface area contributed by atoms with Gasteiger partial charge in [0.2, 0.25) is 6.20 Å². The van der Waals surface area contributed by atoms with Gasteiger partial charge in [-0.05, 0) is 55.5 Å². The first-order valence-electron chi connectivity index (χ1n) is 10.0. The Hall–Kier alpha value is -4.25. The molecule has 3 aromatic carbocycles. The highest BCUT2D eigenvalue weighted by Gasteiger charge is 2.17. The molecule has 0 bridgehead atoms. The standard InChI is InChI=1S/C21H19N5O3S.C2H4O2/c1-25-14-15-8-13-19(22)20(21(15)26(25)2)24-23-16-9-11-18(12-10-16)30(27,28)29-17-6-4-3-5-7-17;1-2(3)4/h3-14,22H,1-2H3;1H3,(H,3,4). The number of carboxylic acids is 1. The van der Waals surface area contributed by atoms with Gasteiger partial charge in [0.1, 0.15) is 21.8 Å². The average molecular weight is 482 g/mol. The number of nitrogens with two attached hydrogens (primary N) is 1. The molecule has 0 saturated heterocycles. The number of aliphatic carboxylic acids is 1. The minimum atomic E-state index is -3.93. The second-order valence-electron chi connectivity index (χ2n) is 7.20. The molecule has 2 N–H and O–H groups in total. The number of anilines is 1. The number of carbonyl (C=O) groups excluding carboxylic acids is 1. The van der Waals surface area contributed by atoms with E-state index in [9.17, 15) is 8.42 Å². The molecule has 0 aliphatic carbocycles. The molecule has 0 amide bonds. The predicted molar refractivity (Wildman–Crippen MR) is 124 cm³/mol. The monoisotopic (exact) mass is 481 g/mol. The molecule has 11 heteroatoms. The first-order chi connectivity index (χ1) is 16.1. The lowest BCUT2D eigenvalue weighted by molar-refractivity contribution is -0.748. The van der Waals surface area contributed by atoms with Gasteiger partial charge in [0.15, 0.2) is 7.05 Å². The van der Waals surface area contributed by atoms with Gasteiger partial charge in [0.05, 0.1) is 23.8 Å². The predicted octanol–water partition coefficient (Wildman–Crippen LogP) is 2.52. The van der Waals surface area contributed by atoms with Crippen LogP contribution in [0.4, 0.5) is 17.1 Å². The van der Waals surface area contributed by atoms with Crippen molar-refractivity contribution in [3.63, 3.8) is 0 Å². The normalized spacial score (nSPS) is 11.3. The van der Waals surface area contributed by atoms with Crippen LogP contribution < -0.4 is 19.7 Å². The molecule has 4 aromatic rings. The number of hydrogen-bond donors (Lipinski definition) is 1. The Kier molecular flexibility index (Phi) is 7.27. The Morgan fingerprint density at radius 2 is 1.65 bits per heavy atom. The van der Waals surface area contributed by atoms with E-state index in [0.29, 0.717) is 17.1 Å². The summed E-state index contributed by atoms with van der Waals surface area (Å²) in [6, 6.07) is 18.0. The van der Waals surface area contributed by atoms with E-state index >= 15 is 0 Å². The maximum Gasteiger partial charge on any atom is 0.339 e. The Bertz CT molecular complexity index is 1440. The summed E-state index contributed by atoms with van der Waals surface area (Å²) in [5.41, 5.74) is 8.52. The minimum absolute atomic E-state index is 0.0291. The number of hydrogen-bond acceptors (Lipinski definition) is 8. The van der Waals surface area contributed by atoms with E-state index in [1.54, 1.807) is 48.5 Å². The van der Waals surface area contributed by atoms with Crippen LogP contribution >= 0.6 is 0 Å². The van der Waals surface area contributed by atoms with Crippen molar-refractivity contribution in [1.29, 1.82) is 0 Å². The molecule has 0 aliphatic rings. The van der Waals surface area contributed by atoms with Gasteiger partial charge in [-0.25, -0.2) is 0 Å². The van der Waals surface area contributed by atoms with Crippen molar-refractivity contribution in [2.75, 3.05) is 5.73 Å². The van der Waals surface area contributed by atoms with Gasteiger partial charge in [0.25, 0.3) is 0 Å². The van der Waals surface area contributed by atoms with Gasteiger partial charge in [-0.2, -0.15) is 18.2 Å². The molecular formula is C23H23N5O5S. The fraction of sp³-hybridized carbons (Fsp3) is 0.130. The molecule has 0 saturated carbocycles. The van der Waals surface area contributed by atoms with Crippen LogP contribution in [0.1, 0.15) is 6.92 Å². The summed E-state index contributed by atoms with van der Waals surface area (Å²) < 4.78 is 33.8. The van der Waals surface area contributed by atoms with Crippen LogP contribution in [-0.4, -0.2) is 19.1 Å². The van der Waals surface area contributed by atoms with Gasteiger partial charge in [-0.15, -0.1) is 9.80 Å². The van der Waals surface area contributed by atoms with E-state index < -0.39 is 16.1 Å². The Morgan fingerprint density at radius 1 is 1.03 bits per heavy atom. The zero-order valence-corrected chi connectivity index (χ0v) is 19.6. The van der Waals surface area contributed by atoms with E-state index in [4.69, 9.17) is 19.8 Å². The molecule has 34 heavy (non-hydrogen) atoms. The first kappa shape index (κ1) is 24.4. The molecule has 0 atom stereocenters. The Morgan fingerprint density at radius 3 is 2.26 bits per heavy atom. The number of nitrogens with zero attached hydrogens (tertiary/aromatic N) is 4. The third-order valence-corrected chi connectivity index (χ3v) is 5.94. The van der Waals surface area contributed by atoms with Crippen molar-refractivity contribution in [2.45, 2.75) is 11.8 Å². The highest BCUT2D eigenvalue weighted by molar-refractivity contribution is 7.87. The van der Waals surface area contributed by atoms with Crippen molar-refractivity contribution >= 4 is 44.1 Å². The van der Waals surface area contributed by atoms with E-state index in [-0.39, 0.29) is 10.6 Å². The second-order valence-corrected chi connectivity index (χ2v) is 8.75. The zero-order valence-electron chi connectivity index (χ0n) is 18.7. The molecule has 10 nitrogen and oxygen atoms in total. The van der Waals surface area contributed by atoms with Crippen LogP contribution in [0.25, 0.3) is 10.9 Å². The lowest BCUT2D eigenvalue weighted by atomic mass is 10.2. The number of rotatable bonds is 5. The van der Waals surface area contributed by atoms with Crippen LogP contribution in [0.3, 0.4) is 0 Å². The van der Waals surface area contributed by atoms with Crippen molar-refractivity contribution in [3.8, 4) is 5.75 Å². The molecule has 4 rings (SSSR count). The highest BCUT2D eigenvalue weighted by Crippen LogP contribution is 2.33. The smallest absolute Gasteiger partial charge is 0.339 e. The van der Waals surface area contributed by atoms with Crippen molar-refractivity contribution in [2.24, 2.45) is 24.3 Å². The van der Waals surface area contributed by atoms with Gasteiger partial charge in [-0.1, -0.05) is 18.2 Å². The molecular weight excluding hydrogens is 458 g/mol. The average Bonchev–Trinajstić information content (AvgIpc) is 3.07. The number of carboxylic acid groups (broad SMARTS) is 1. The maximum atomic E-state index is 12.4. The van der Waals surface area contributed by atoms with Crippen molar-refractivity contribution in [3.05, 3.63) is 72.9 Å². The van der Waals surface area contributed by atoms with Crippen LogP contribution in [-0.2, 0) is 29.0 Å². The van der Waals surface area contributed by atoms with E-state index in [2.05, 4.69) is 10.2 Å². The second kappa shape index (κ2) is 10.1. The lowest BCUT2D eigenvalue weighted by Crippen LogP contribution is -2.36. The molecule has 0 fully saturated rings. The summed E-state index contributed by atoms with van der Waals surface area (Å²) in [6.45, 7) is 0.972. The number of fused-ring (bicyclic) bond motifs is 1. The van der Waals surface area contributed by atoms with Gasteiger partial charge < -0.3 is 19.8 Å². The van der Waals surface area contributed by atoms with Gasteiger partial charge in [0, 0.05) is 5.97 Å². The molecule has 0 aliphatic heterocycles. The minimum Gasteiger partial charge on any atom is -0.550 e. The molecule has 176 valence electrons. The summed E-state index contributed by atoms with van der Waals surface area (Å²) in [6.07, 6.45) is 1.97. The summed E-state index contributed by atoms with van der Waals surface area (Å²) in [7, 11) is -0.0997. The van der Waals surface area contributed by atoms with Crippen LogP contribution in [0.5, 0.6) is 5.75 Å². The molecule has 1 heterocycles. The van der Waals surface area contributed by atoms with Crippen molar-refractivity contribution < 1.29 is 27.2 Å². The molecule has 1 aromatic heterocycles. The summed E-state index contributed by atoms with van der Waals surface area (Å²) in [4.78, 5) is 8.92. The lowest BCUT2D eigenvalue weighted by Gasteiger charge is -2.06. The number of aryl methyl sites for hydroxylation is 2. The maximum absolute atomic E-state index is 12.4. The number of nitrogen functional groups attached to an aromatic ring is 1. The number of aromatic nitrogens is 2. The largest absolute Gasteiger partial charge is 0.550 e.